The van der Waals surface area contributed by atoms with Gasteiger partial charge in [-0.05, 0) is 19.8 Å². The Labute approximate surface area is 151 Å². The Morgan fingerprint density at radius 3 is 2.56 bits per heavy atom. The Hall–Kier alpha value is -2.14. The topological polar surface area (TPSA) is 46.4 Å². The maximum absolute atomic E-state index is 12.7. The van der Waals surface area contributed by atoms with Crippen LogP contribution in [-0.4, -0.2) is 21.3 Å². The molecule has 1 aromatic carbocycles. The molecule has 0 atom stereocenters. The minimum Gasteiger partial charge on any atom is -0.349 e. The average Bonchev–Trinajstić information content (AvgIpc) is 3.07. The van der Waals surface area contributed by atoms with Gasteiger partial charge in [0.2, 0.25) is 0 Å². The third-order valence-corrected chi connectivity index (χ3v) is 6.18. The van der Waals surface area contributed by atoms with Gasteiger partial charge < -0.3 is 5.32 Å². The van der Waals surface area contributed by atoms with Crippen molar-refractivity contribution in [3.05, 3.63) is 47.1 Å². The van der Waals surface area contributed by atoms with Gasteiger partial charge in [0.05, 0.1) is 5.69 Å². The Morgan fingerprint density at radius 1 is 1.16 bits per heavy atom. The normalized spacial score (nSPS) is 16.0. The van der Waals surface area contributed by atoms with E-state index in [9.17, 15) is 4.79 Å². The lowest BCUT2D eigenvalue weighted by Gasteiger charge is -2.15. The second kappa shape index (κ2) is 7.00. The van der Waals surface area contributed by atoms with Gasteiger partial charge in [-0.25, -0.2) is 4.98 Å². The van der Waals surface area contributed by atoms with E-state index >= 15 is 0 Å². The molecule has 0 radical (unpaired) electrons. The highest BCUT2D eigenvalue weighted by Gasteiger charge is 2.21. The molecule has 0 unspecified atom stereocenters. The van der Waals surface area contributed by atoms with Crippen LogP contribution in [0.3, 0.4) is 0 Å². The van der Waals surface area contributed by atoms with Crippen molar-refractivity contribution in [1.82, 2.24) is 14.7 Å². The minimum absolute atomic E-state index is 0.0566. The molecule has 0 bridgehead atoms. The predicted octanol–water partition coefficient (Wildman–Crippen LogP) is 4.82. The highest BCUT2D eigenvalue weighted by Crippen LogP contribution is 2.27. The summed E-state index contributed by atoms with van der Waals surface area (Å²) < 4.78 is 2.04. The number of hydrogen-bond donors (Lipinski definition) is 1. The average molecular weight is 353 g/mol. The molecule has 5 heteroatoms. The lowest BCUT2D eigenvalue weighted by molar-refractivity contribution is 0.0936. The van der Waals surface area contributed by atoms with Gasteiger partial charge in [-0.15, -0.1) is 0 Å². The van der Waals surface area contributed by atoms with Crippen molar-refractivity contribution in [3.8, 4) is 11.3 Å². The van der Waals surface area contributed by atoms with Crippen LogP contribution < -0.4 is 5.32 Å². The Morgan fingerprint density at radius 2 is 1.88 bits per heavy atom. The van der Waals surface area contributed by atoms with Crippen LogP contribution in [0.1, 0.15) is 53.9 Å². The lowest BCUT2D eigenvalue weighted by Crippen LogP contribution is -2.34. The van der Waals surface area contributed by atoms with E-state index in [1.165, 1.54) is 37.0 Å². The van der Waals surface area contributed by atoms with Gasteiger partial charge in [0.15, 0.2) is 4.96 Å². The van der Waals surface area contributed by atoms with E-state index in [2.05, 4.69) is 17.4 Å². The summed E-state index contributed by atoms with van der Waals surface area (Å²) in [6, 6.07) is 10.5. The van der Waals surface area contributed by atoms with Crippen LogP contribution in [0.5, 0.6) is 0 Å². The van der Waals surface area contributed by atoms with Crippen LogP contribution >= 0.6 is 11.3 Å². The minimum atomic E-state index is 0.0566. The molecule has 3 aromatic rings. The van der Waals surface area contributed by atoms with Crippen molar-refractivity contribution in [2.45, 2.75) is 51.5 Å². The molecule has 4 nitrogen and oxygen atoms in total. The van der Waals surface area contributed by atoms with Gasteiger partial charge in [-0.1, -0.05) is 67.4 Å². The van der Waals surface area contributed by atoms with E-state index in [-0.39, 0.29) is 5.91 Å². The van der Waals surface area contributed by atoms with Crippen LogP contribution in [0.4, 0.5) is 0 Å². The molecular weight excluding hydrogens is 330 g/mol. The van der Waals surface area contributed by atoms with Crippen molar-refractivity contribution >= 4 is 22.2 Å². The molecule has 2 heterocycles. The van der Waals surface area contributed by atoms with Crippen LogP contribution in [0.15, 0.2) is 36.5 Å². The van der Waals surface area contributed by atoms with Crippen LogP contribution in [0, 0.1) is 6.92 Å². The molecular formula is C20H23N3OS. The zero-order valence-electron chi connectivity index (χ0n) is 14.5. The monoisotopic (exact) mass is 353 g/mol. The third-order valence-electron chi connectivity index (χ3n) is 5.02. The number of imidazole rings is 1. The molecule has 0 spiro atoms. The number of aryl methyl sites for hydroxylation is 1. The van der Waals surface area contributed by atoms with E-state index in [0.29, 0.717) is 6.04 Å². The third kappa shape index (κ3) is 3.33. The molecule has 1 saturated carbocycles. The van der Waals surface area contributed by atoms with Crippen molar-refractivity contribution in [2.75, 3.05) is 0 Å². The van der Waals surface area contributed by atoms with E-state index in [1.807, 2.05) is 35.7 Å². The molecule has 25 heavy (non-hydrogen) atoms. The van der Waals surface area contributed by atoms with Crippen LogP contribution in [0.2, 0.25) is 0 Å². The summed E-state index contributed by atoms with van der Waals surface area (Å²) >= 11 is 1.48. The van der Waals surface area contributed by atoms with Crippen LogP contribution in [0.25, 0.3) is 16.2 Å². The molecule has 1 N–H and O–H groups in total. The van der Waals surface area contributed by atoms with Gasteiger partial charge in [0.25, 0.3) is 5.91 Å². The lowest BCUT2D eigenvalue weighted by atomic mass is 10.1. The van der Waals surface area contributed by atoms with Gasteiger partial charge in [0, 0.05) is 23.5 Å². The maximum Gasteiger partial charge on any atom is 0.263 e. The summed E-state index contributed by atoms with van der Waals surface area (Å²) in [5.41, 5.74) is 3.02. The van der Waals surface area contributed by atoms with E-state index in [4.69, 9.17) is 4.98 Å². The number of rotatable bonds is 3. The SMILES string of the molecule is Cc1c(C(=O)NC2CCCCCC2)sc2nc(-c3ccccc3)cn12. The number of carbonyl (C=O) groups excluding carboxylic acids is 1. The number of fused-ring (bicyclic) bond motifs is 1. The smallest absolute Gasteiger partial charge is 0.263 e. The first-order valence-corrected chi connectivity index (χ1v) is 9.89. The molecule has 0 aliphatic heterocycles. The molecule has 130 valence electrons. The summed E-state index contributed by atoms with van der Waals surface area (Å²) in [7, 11) is 0. The fourth-order valence-corrected chi connectivity index (χ4v) is 4.60. The highest BCUT2D eigenvalue weighted by molar-refractivity contribution is 7.19. The Bertz CT molecular complexity index is 873. The molecule has 4 rings (SSSR count). The summed E-state index contributed by atoms with van der Waals surface area (Å²) in [5, 5.41) is 3.24. The first-order valence-electron chi connectivity index (χ1n) is 9.07. The molecule has 1 amide bonds. The van der Waals surface area contributed by atoms with Crippen molar-refractivity contribution in [1.29, 1.82) is 0 Å². The number of aromatic nitrogens is 2. The second-order valence-corrected chi connectivity index (χ2v) is 7.80. The fraction of sp³-hybridized carbons (Fsp3) is 0.400. The molecule has 0 saturated heterocycles. The predicted molar refractivity (Wildman–Crippen MR) is 102 cm³/mol. The molecule has 1 aliphatic rings. The van der Waals surface area contributed by atoms with Crippen molar-refractivity contribution in [3.63, 3.8) is 0 Å². The molecule has 2 aromatic heterocycles. The summed E-state index contributed by atoms with van der Waals surface area (Å²) in [4.78, 5) is 19.1. The highest BCUT2D eigenvalue weighted by atomic mass is 32.1. The maximum atomic E-state index is 12.7. The zero-order chi connectivity index (χ0) is 17.2. The van der Waals surface area contributed by atoms with E-state index in [0.717, 1.165) is 39.6 Å². The van der Waals surface area contributed by atoms with Gasteiger partial charge >= 0.3 is 0 Å². The van der Waals surface area contributed by atoms with Crippen molar-refractivity contribution < 1.29 is 4.79 Å². The number of carbonyl (C=O) groups is 1. The number of nitrogens with zero attached hydrogens (tertiary/aromatic N) is 2. The van der Waals surface area contributed by atoms with Gasteiger partial charge in [-0.2, -0.15) is 0 Å². The Kier molecular flexibility index (Phi) is 4.57. The summed E-state index contributed by atoms with van der Waals surface area (Å²) in [5.74, 6) is 0.0566. The zero-order valence-corrected chi connectivity index (χ0v) is 15.3. The first kappa shape index (κ1) is 16.3. The van der Waals surface area contributed by atoms with Crippen molar-refractivity contribution in [2.24, 2.45) is 0 Å². The largest absolute Gasteiger partial charge is 0.349 e. The summed E-state index contributed by atoms with van der Waals surface area (Å²) in [6.07, 6.45) is 9.26. The summed E-state index contributed by atoms with van der Waals surface area (Å²) in [6.45, 7) is 2.00. The number of nitrogens with one attached hydrogen (secondary N) is 1. The standard InChI is InChI=1S/C20H23N3OS/c1-14-18(19(24)21-16-11-7-2-3-8-12-16)25-20-22-17(13-23(14)20)15-9-5-4-6-10-15/h4-6,9-10,13,16H,2-3,7-8,11-12H2,1H3,(H,21,24). The number of hydrogen-bond acceptors (Lipinski definition) is 3. The van der Waals surface area contributed by atoms with Gasteiger partial charge in [-0.3, -0.25) is 9.20 Å². The quantitative estimate of drug-likeness (QED) is 0.686. The van der Waals surface area contributed by atoms with E-state index in [1.54, 1.807) is 0 Å². The van der Waals surface area contributed by atoms with Crippen LogP contribution in [-0.2, 0) is 0 Å². The number of amides is 1. The Balaban J connectivity index is 1.57. The second-order valence-electron chi connectivity index (χ2n) is 6.82. The first-order chi connectivity index (χ1) is 12.2. The molecule has 1 fully saturated rings. The fourth-order valence-electron chi connectivity index (χ4n) is 3.58. The number of thiazole rings is 1. The van der Waals surface area contributed by atoms with E-state index < -0.39 is 0 Å². The van der Waals surface area contributed by atoms with Gasteiger partial charge in [0.1, 0.15) is 4.88 Å². The molecule has 1 aliphatic carbocycles. The number of benzene rings is 1.